The molecule has 0 spiro atoms. The van der Waals surface area contributed by atoms with Gasteiger partial charge in [-0.1, -0.05) is 48.4 Å². The summed E-state index contributed by atoms with van der Waals surface area (Å²) in [5, 5.41) is 4.51. The van der Waals surface area contributed by atoms with Gasteiger partial charge in [-0.05, 0) is 32.5 Å². The molecule has 1 heterocycles. The van der Waals surface area contributed by atoms with E-state index in [1.807, 2.05) is 37.4 Å². The first-order valence-electron chi connectivity index (χ1n) is 8.17. The summed E-state index contributed by atoms with van der Waals surface area (Å²) in [6.07, 6.45) is 4.10. The average molecular weight is 319 g/mol. The van der Waals surface area contributed by atoms with Crippen molar-refractivity contribution in [2.75, 3.05) is 26.7 Å². The van der Waals surface area contributed by atoms with E-state index in [0.29, 0.717) is 6.04 Å². The Balaban J connectivity index is 0.000000320. The Hall–Kier alpha value is -0.874. The molecule has 0 bridgehead atoms. The summed E-state index contributed by atoms with van der Waals surface area (Å²) in [5.41, 5.74) is 1.34. The van der Waals surface area contributed by atoms with Crippen molar-refractivity contribution in [3.63, 3.8) is 0 Å². The van der Waals surface area contributed by atoms with Crippen LogP contribution in [0.4, 0.5) is 0 Å². The fourth-order valence-corrected chi connectivity index (χ4v) is 2.74. The molecule has 1 saturated heterocycles. The number of hydrogen-bond donors (Lipinski definition) is 0. The molecule has 1 fully saturated rings. The number of likely N-dealkylation sites (N-methyl/N-ethyl adjacent to an activating group) is 1. The van der Waals surface area contributed by atoms with Gasteiger partial charge in [-0.25, -0.2) is 0 Å². The van der Waals surface area contributed by atoms with Crippen molar-refractivity contribution in [1.82, 2.24) is 4.90 Å². The third kappa shape index (κ3) is 7.98. The van der Waals surface area contributed by atoms with E-state index in [1.165, 1.54) is 37.9 Å². The molecular formula is C20H26MgN2. The molecule has 0 aromatic heterocycles. The van der Waals surface area contributed by atoms with E-state index in [1.54, 1.807) is 0 Å². The summed E-state index contributed by atoms with van der Waals surface area (Å²) in [6.45, 7) is 3.58. The van der Waals surface area contributed by atoms with Crippen LogP contribution >= 0.6 is 0 Å². The number of hydrogen-bond acceptors (Lipinski definition) is 1. The zero-order chi connectivity index (χ0) is 15.5. The van der Waals surface area contributed by atoms with Crippen LogP contribution in [-0.4, -0.2) is 54.6 Å². The van der Waals surface area contributed by atoms with Crippen LogP contribution in [0.3, 0.4) is 0 Å². The van der Waals surface area contributed by atoms with Crippen LogP contribution in [0.25, 0.3) is 5.32 Å². The van der Waals surface area contributed by atoms with Gasteiger partial charge in [-0.15, -0.1) is 0 Å². The van der Waals surface area contributed by atoms with E-state index >= 15 is 0 Å². The van der Waals surface area contributed by atoms with Gasteiger partial charge >= 0.3 is 23.1 Å². The van der Waals surface area contributed by atoms with Crippen LogP contribution in [0.2, 0.25) is 0 Å². The van der Waals surface area contributed by atoms with Crippen LogP contribution in [0.1, 0.15) is 30.9 Å². The smallest absolute Gasteiger partial charge is 0.657 e. The molecule has 1 aliphatic heterocycles. The van der Waals surface area contributed by atoms with E-state index in [0.717, 1.165) is 6.54 Å². The quantitative estimate of drug-likeness (QED) is 0.606. The fraction of sp³-hybridized carbons (Fsp3) is 0.400. The van der Waals surface area contributed by atoms with Crippen molar-refractivity contribution in [3.8, 4) is 0 Å². The minimum absolute atomic E-state index is 0. The second-order valence-electron chi connectivity index (χ2n) is 5.62. The Morgan fingerprint density at radius 3 is 2.04 bits per heavy atom. The molecule has 1 aliphatic rings. The molecule has 0 radical (unpaired) electrons. The molecule has 23 heavy (non-hydrogen) atoms. The van der Waals surface area contributed by atoms with E-state index in [9.17, 15) is 0 Å². The Morgan fingerprint density at radius 1 is 0.957 bits per heavy atom. The molecule has 0 aliphatic carbocycles. The molecule has 2 nitrogen and oxygen atoms in total. The number of nitrogens with zero attached hydrogens (tertiary/aromatic N) is 2. The molecule has 0 amide bonds. The van der Waals surface area contributed by atoms with Crippen LogP contribution in [0.15, 0.2) is 60.7 Å². The number of piperidine rings is 1. The minimum atomic E-state index is 0. The Labute approximate surface area is 157 Å². The number of benzene rings is 2. The van der Waals surface area contributed by atoms with Gasteiger partial charge < -0.3 is 10.2 Å². The van der Waals surface area contributed by atoms with E-state index in [4.69, 9.17) is 0 Å². The van der Waals surface area contributed by atoms with Gasteiger partial charge in [0.2, 0.25) is 0 Å². The van der Waals surface area contributed by atoms with E-state index in [2.05, 4.69) is 46.6 Å². The van der Waals surface area contributed by atoms with Gasteiger partial charge in [-0.3, -0.25) is 0 Å². The second-order valence-corrected chi connectivity index (χ2v) is 5.62. The summed E-state index contributed by atoms with van der Waals surface area (Å²) in [4.78, 5) is 2.55. The molecule has 118 valence electrons. The first-order chi connectivity index (χ1) is 10.9. The predicted octanol–water partition coefficient (Wildman–Crippen LogP) is 4.32. The summed E-state index contributed by atoms with van der Waals surface area (Å²) < 4.78 is 0. The molecule has 1 atom stereocenters. The molecule has 3 heteroatoms. The van der Waals surface area contributed by atoms with Gasteiger partial charge in [0.1, 0.15) is 0 Å². The largest absolute Gasteiger partial charge is 2.00 e. The Morgan fingerprint density at radius 2 is 1.57 bits per heavy atom. The Kier molecular flexibility index (Phi) is 11.0. The molecular weight excluding hydrogens is 293 g/mol. The topological polar surface area (TPSA) is 17.3 Å². The third-order valence-electron chi connectivity index (χ3n) is 3.98. The molecule has 0 unspecified atom stereocenters. The number of rotatable bonds is 4. The maximum absolute atomic E-state index is 4.51. The fourth-order valence-electron chi connectivity index (χ4n) is 2.74. The van der Waals surface area contributed by atoms with E-state index in [-0.39, 0.29) is 23.1 Å². The van der Waals surface area contributed by atoms with Crippen molar-refractivity contribution >= 4 is 23.1 Å². The SMILES string of the molecule is C[N-][C@@H](CN1CCCCC1)c1ccccc1.[Mg+2].[c-]1ccccc1. The summed E-state index contributed by atoms with van der Waals surface area (Å²) >= 11 is 0. The van der Waals surface area contributed by atoms with Crippen LogP contribution < -0.4 is 0 Å². The van der Waals surface area contributed by atoms with E-state index < -0.39 is 0 Å². The van der Waals surface area contributed by atoms with Crippen LogP contribution in [-0.2, 0) is 0 Å². The van der Waals surface area contributed by atoms with Gasteiger partial charge in [0.25, 0.3) is 0 Å². The van der Waals surface area contributed by atoms with Gasteiger partial charge in [0, 0.05) is 0 Å². The van der Waals surface area contributed by atoms with Gasteiger partial charge in [0.15, 0.2) is 0 Å². The summed E-state index contributed by atoms with van der Waals surface area (Å²) in [6, 6.07) is 23.5. The molecule has 2 aromatic carbocycles. The van der Waals surface area contributed by atoms with Crippen molar-refractivity contribution < 1.29 is 0 Å². The zero-order valence-electron chi connectivity index (χ0n) is 14.2. The number of likely N-dealkylation sites (tertiary alicyclic amines) is 1. The molecule has 3 rings (SSSR count). The minimum Gasteiger partial charge on any atom is -0.657 e. The van der Waals surface area contributed by atoms with Gasteiger partial charge in [0.05, 0.1) is 0 Å². The standard InChI is InChI=1S/C14H21N2.C6H5.Mg/c1-15-14(13-8-4-2-5-9-13)12-16-10-6-3-7-11-16;1-2-4-6-5-3-1;/h2,4-5,8-9,14H,3,6-7,10-12H2,1H3;1-5H;/q2*-1;+2/t14-;;/m0../s1. The van der Waals surface area contributed by atoms with Gasteiger partial charge in [-0.2, -0.15) is 43.4 Å². The second kappa shape index (κ2) is 12.5. The van der Waals surface area contributed by atoms with Crippen molar-refractivity contribution in [3.05, 3.63) is 77.6 Å². The summed E-state index contributed by atoms with van der Waals surface area (Å²) in [5.74, 6) is 0. The summed E-state index contributed by atoms with van der Waals surface area (Å²) in [7, 11) is 1.93. The Bertz CT molecular complexity index is 457. The monoisotopic (exact) mass is 318 g/mol. The first kappa shape index (κ1) is 20.2. The zero-order valence-corrected chi connectivity index (χ0v) is 15.6. The normalized spacial score (nSPS) is 15.7. The molecule has 2 aromatic rings. The van der Waals surface area contributed by atoms with Crippen molar-refractivity contribution in [2.45, 2.75) is 25.3 Å². The predicted molar refractivity (Wildman–Crippen MR) is 99.8 cm³/mol. The molecule has 0 saturated carbocycles. The first-order valence-corrected chi connectivity index (χ1v) is 8.17. The third-order valence-corrected chi connectivity index (χ3v) is 3.98. The average Bonchev–Trinajstić information content (AvgIpc) is 2.63. The van der Waals surface area contributed by atoms with Crippen LogP contribution in [0, 0.1) is 6.07 Å². The van der Waals surface area contributed by atoms with Crippen molar-refractivity contribution in [2.24, 2.45) is 0 Å². The van der Waals surface area contributed by atoms with Crippen molar-refractivity contribution in [1.29, 1.82) is 0 Å². The maximum Gasteiger partial charge on any atom is 2.00 e. The van der Waals surface area contributed by atoms with Crippen LogP contribution in [0.5, 0.6) is 0 Å². The maximum atomic E-state index is 4.51. The molecule has 0 N–H and O–H groups in total.